The Morgan fingerprint density at radius 1 is 1.26 bits per heavy atom. The van der Waals surface area contributed by atoms with Crippen molar-refractivity contribution < 1.29 is 13.5 Å². The van der Waals surface area contributed by atoms with Crippen LogP contribution in [0.2, 0.25) is 0 Å². The molecule has 1 aromatic heterocycles. The molecule has 0 atom stereocenters. The number of ether oxygens (including phenoxy) is 1. The van der Waals surface area contributed by atoms with Crippen LogP contribution in [0, 0.1) is 0 Å². The van der Waals surface area contributed by atoms with Gasteiger partial charge in [-0.15, -0.1) is 0 Å². The van der Waals surface area contributed by atoms with Crippen molar-refractivity contribution in [2.75, 3.05) is 0 Å². The Morgan fingerprint density at radius 2 is 2.00 bits per heavy atom. The Labute approximate surface area is 111 Å². The maximum Gasteiger partial charge on any atom is 0.397 e. The number of hydrogen-bond acceptors (Lipinski definition) is 3. The first kappa shape index (κ1) is 13.9. The van der Waals surface area contributed by atoms with Gasteiger partial charge in [0.1, 0.15) is 0 Å². The fraction of sp³-hybridized carbons (Fsp3) is 0.571. The third-order valence-corrected chi connectivity index (χ3v) is 3.12. The van der Waals surface area contributed by atoms with E-state index in [9.17, 15) is 8.78 Å². The Morgan fingerprint density at radius 3 is 2.58 bits per heavy atom. The highest BCUT2D eigenvalue weighted by Crippen LogP contribution is 2.32. The quantitative estimate of drug-likeness (QED) is 0.758. The monoisotopic (exact) mass is 268 g/mol. The van der Waals surface area contributed by atoms with Crippen LogP contribution < -0.4 is 0 Å². The second-order valence-corrected chi connectivity index (χ2v) is 4.77. The van der Waals surface area contributed by atoms with Gasteiger partial charge in [0, 0.05) is 18.0 Å². The molecular formula is C14H18F2N2O. The molecule has 3 nitrogen and oxygen atoms in total. The maximum absolute atomic E-state index is 12.8. The lowest BCUT2D eigenvalue weighted by molar-refractivity contribution is -0.211. The minimum atomic E-state index is -3.05. The molecule has 19 heavy (non-hydrogen) atoms. The first-order valence-corrected chi connectivity index (χ1v) is 6.67. The SMILES string of the molecule is CCCCCc1cnc(C2=COC(F)(F)CC2)nc1. The fourth-order valence-electron chi connectivity index (χ4n) is 1.95. The standard InChI is InChI=1S/C14H18F2N2O/c1-2-3-4-5-11-8-17-13(18-9-11)12-6-7-14(15,16)19-10-12/h8-10H,2-7H2,1H3. The number of unbranched alkanes of at least 4 members (excludes halogenated alkanes) is 2. The third-order valence-electron chi connectivity index (χ3n) is 3.12. The van der Waals surface area contributed by atoms with Crippen LogP contribution in [0.4, 0.5) is 8.78 Å². The molecule has 0 spiro atoms. The van der Waals surface area contributed by atoms with Crippen molar-refractivity contribution >= 4 is 5.57 Å². The lowest BCUT2D eigenvalue weighted by atomic mass is 10.1. The summed E-state index contributed by atoms with van der Waals surface area (Å²) in [6, 6.07) is 0. The van der Waals surface area contributed by atoms with E-state index in [1.54, 1.807) is 12.4 Å². The lowest BCUT2D eigenvalue weighted by Crippen LogP contribution is -2.21. The van der Waals surface area contributed by atoms with Crippen LogP contribution in [0.1, 0.15) is 50.4 Å². The van der Waals surface area contributed by atoms with E-state index in [-0.39, 0.29) is 12.8 Å². The van der Waals surface area contributed by atoms with Crippen molar-refractivity contribution in [2.45, 2.75) is 51.6 Å². The summed E-state index contributed by atoms with van der Waals surface area (Å²) in [6.07, 6.45) is 5.94. The van der Waals surface area contributed by atoms with E-state index >= 15 is 0 Å². The summed E-state index contributed by atoms with van der Waals surface area (Å²) in [4.78, 5) is 8.45. The molecule has 0 amide bonds. The van der Waals surface area contributed by atoms with Gasteiger partial charge in [0.2, 0.25) is 0 Å². The van der Waals surface area contributed by atoms with Gasteiger partial charge in [-0.1, -0.05) is 19.8 Å². The zero-order chi connectivity index (χ0) is 13.7. The Hall–Kier alpha value is -1.52. The molecule has 0 bridgehead atoms. The van der Waals surface area contributed by atoms with Crippen LogP contribution in [-0.2, 0) is 11.2 Å². The van der Waals surface area contributed by atoms with Gasteiger partial charge >= 0.3 is 6.11 Å². The molecule has 0 aromatic carbocycles. The largest absolute Gasteiger partial charge is 0.440 e. The molecule has 0 saturated heterocycles. The highest BCUT2D eigenvalue weighted by atomic mass is 19.3. The predicted octanol–water partition coefficient (Wildman–Crippen LogP) is 3.95. The molecule has 1 aromatic rings. The first-order chi connectivity index (χ1) is 9.11. The highest BCUT2D eigenvalue weighted by Gasteiger charge is 2.34. The van der Waals surface area contributed by atoms with Crippen molar-refractivity contribution in [3.63, 3.8) is 0 Å². The van der Waals surface area contributed by atoms with Gasteiger partial charge < -0.3 is 4.74 Å². The average molecular weight is 268 g/mol. The number of nitrogens with zero attached hydrogens (tertiary/aromatic N) is 2. The summed E-state index contributed by atoms with van der Waals surface area (Å²) < 4.78 is 30.0. The topological polar surface area (TPSA) is 35.0 Å². The zero-order valence-corrected chi connectivity index (χ0v) is 11.0. The second kappa shape index (κ2) is 6.08. The van der Waals surface area contributed by atoms with Crippen molar-refractivity contribution in [1.29, 1.82) is 0 Å². The average Bonchev–Trinajstić information content (AvgIpc) is 2.40. The Balaban J connectivity index is 1.97. The van der Waals surface area contributed by atoms with Gasteiger partial charge in [0.15, 0.2) is 5.82 Å². The smallest absolute Gasteiger partial charge is 0.397 e. The van der Waals surface area contributed by atoms with Gasteiger partial charge in [-0.25, -0.2) is 9.97 Å². The number of hydrogen-bond donors (Lipinski definition) is 0. The zero-order valence-electron chi connectivity index (χ0n) is 11.0. The minimum absolute atomic E-state index is 0.238. The molecule has 1 aliphatic heterocycles. The Kier molecular flexibility index (Phi) is 4.45. The summed E-state index contributed by atoms with van der Waals surface area (Å²) >= 11 is 0. The number of alkyl halides is 2. The second-order valence-electron chi connectivity index (χ2n) is 4.77. The molecule has 5 heteroatoms. The number of rotatable bonds is 5. The van der Waals surface area contributed by atoms with Gasteiger partial charge in [-0.05, 0) is 24.8 Å². The normalized spacial score (nSPS) is 17.7. The van der Waals surface area contributed by atoms with Crippen molar-refractivity contribution in [3.8, 4) is 0 Å². The molecule has 2 heterocycles. The van der Waals surface area contributed by atoms with E-state index in [1.807, 2.05) is 0 Å². The molecule has 2 rings (SSSR count). The Bertz CT molecular complexity index is 443. The number of aryl methyl sites for hydroxylation is 1. The summed E-state index contributed by atoms with van der Waals surface area (Å²) in [7, 11) is 0. The molecule has 0 unspecified atom stereocenters. The van der Waals surface area contributed by atoms with Crippen LogP contribution >= 0.6 is 0 Å². The molecule has 0 aliphatic carbocycles. The summed E-state index contributed by atoms with van der Waals surface area (Å²) in [5, 5.41) is 0. The predicted molar refractivity (Wildman–Crippen MR) is 68.5 cm³/mol. The van der Waals surface area contributed by atoms with Gasteiger partial charge in [-0.2, -0.15) is 8.78 Å². The van der Waals surface area contributed by atoms with Gasteiger partial charge in [0.25, 0.3) is 0 Å². The molecule has 0 radical (unpaired) electrons. The van der Waals surface area contributed by atoms with Crippen LogP contribution in [-0.4, -0.2) is 16.1 Å². The fourth-order valence-corrected chi connectivity index (χ4v) is 1.95. The lowest BCUT2D eigenvalue weighted by Gasteiger charge is -2.21. The van der Waals surface area contributed by atoms with E-state index in [0.717, 1.165) is 24.7 Å². The van der Waals surface area contributed by atoms with Crippen molar-refractivity contribution in [2.24, 2.45) is 0 Å². The number of allylic oxidation sites excluding steroid dienone is 1. The minimum Gasteiger partial charge on any atom is -0.440 e. The summed E-state index contributed by atoms with van der Waals surface area (Å²) in [5.41, 5.74) is 1.71. The molecule has 1 aliphatic rings. The van der Waals surface area contributed by atoms with Crippen LogP contribution in [0.15, 0.2) is 18.7 Å². The third kappa shape index (κ3) is 3.98. The highest BCUT2D eigenvalue weighted by molar-refractivity contribution is 5.59. The van der Waals surface area contributed by atoms with E-state index < -0.39 is 6.11 Å². The maximum atomic E-state index is 12.8. The molecular weight excluding hydrogens is 250 g/mol. The summed E-state index contributed by atoms with van der Waals surface area (Å²) in [6.45, 7) is 2.16. The molecule has 0 fully saturated rings. The van der Waals surface area contributed by atoms with E-state index in [2.05, 4.69) is 21.6 Å². The van der Waals surface area contributed by atoms with Crippen molar-refractivity contribution in [3.05, 3.63) is 30.0 Å². The van der Waals surface area contributed by atoms with E-state index in [0.29, 0.717) is 11.4 Å². The molecule has 104 valence electrons. The van der Waals surface area contributed by atoms with E-state index in [4.69, 9.17) is 0 Å². The summed E-state index contributed by atoms with van der Waals surface area (Å²) in [5.74, 6) is 0.481. The van der Waals surface area contributed by atoms with Crippen LogP contribution in [0.3, 0.4) is 0 Å². The van der Waals surface area contributed by atoms with Crippen molar-refractivity contribution in [1.82, 2.24) is 9.97 Å². The number of halogens is 2. The van der Waals surface area contributed by atoms with Gasteiger partial charge in [-0.3, -0.25) is 0 Å². The van der Waals surface area contributed by atoms with Crippen LogP contribution in [0.25, 0.3) is 5.57 Å². The first-order valence-electron chi connectivity index (χ1n) is 6.67. The van der Waals surface area contributed by atoms with E-state index in [1.165, 1.54) is 12.8 Å². The molecule has 0 saturated carbocycles. The number of aromatic nitrogens is 2. The van der Waals surface area contributed by atoms with Crippen LogP contribution in [0.5, 0.6) is 0 Å². The van der Waals surface area contributed by atoms with Gasteiger partial charge in [0.05, 0.1) is 12.7 Å². The molecule has 0 N–H and O–H groups in total.